The summed E-state index contributed by atoms with van der Waals surface area (Å²) in [6, 6.07) is 6.47. The number of nitrogens with zero attached hydrogens (tertiary/aromatic N) is 2. The van der Waals surface area contributed by atoms with E-state index in [4.69, 9.17) is 4.74 Å². The Morgan fingerprint density at radius 3 is 2.78 bits per heavy atom. The van der Waals surface area contributed by atoms with Gasteiger partial charge in [0.15, 0.2) is 0 Å². The van der Waals surface area contributed by atoms with Gasteiger partial charge in [0.1, 0.15) is 18.2 Å². The highest BCUT2D eigenvalue weighted by Crippen LogP contribution is 2.21. The SMILES string of the molecule is CCn1nc(C)cc1COc1cc(F)cc(Br)c1. The molecule has 18 heavy (non-hydrogen) atoms. The number of rotatable bonds is 4. The molecule has 0 radical (unpaired) electrons. The Balaban J connectivity index is 2.11. The third kappa shape index (κ3) is 3.10. The smallest absolute Gasteiger partial charge is 0.130 e. The number of aromatic nitrogens is 2. The summed E-state index contributed by atoms with van der Waals surface area (Å²) in [7, 11) is 0. The minimum Gasteiger partial charge on any atom is -0.487 e. The van der Waals surface area contributed by atoms with Gasteiger partial charge < -0.3 is 4.74 Å². The van der Waals surface area contributed by atoms with Crippen molar-refractivity contribution in [1.82, 2.24) is 9.78 Å². The molecule has 2 aromatic rings. The van der Waals surface area contributed by atoms with Crippen LogP contribution in [-0.2, 0) is 13.2 Å². The molecule has 1 aromatic heterocycles. The van der Waals surface area contributed by atoms with Gasteiger partial charge in [-0.2, -0.15) is 5.10 Å². The maximum absolute atomic E-state index is 13.2. The molecule has 0 spiro atoms. The van der Waals surface area contributed by atoms with E-state index in [2.05, 4.69) is 21.0 Å². The van der Waals surface area contributed by atoms with Gasteiger partial charge in [0.05, 0.1) is 11.4 Å². The summed E-state index contributed by atoms with van der Waals surface area (Å²) in [4.78, 5) is 0. The van der Waals surface area contributed by atoms with E-state index in [9.17, 15) is 4.39 Å². The van der Waals surface area contributed by atoms with Gasteiger partial charge in [-0.15, -0.1) is 0 Å². The van der Waals surface area contributed by atoms with Crippen molar-refractivity contribution in [3.8, 4) is 5.75 Å². The first-order chi connectivity index (χ1) is 8.58. The number of aryl methyl sites for hydroxylation is 2. The first kappa shape index (κ1) is 13.1. The molecule has 96 valence electrons. The predicted octanol–water partition coefficient (Wildman–Crippen LogP) is 3.69. The van der Waals surface area contributed by atoms with E-state index in [1.165, 1.54) is 12.1 Å². The van der Waals surface area contributed by atoms with E-state index in [1.807, 2.05) is 24.6 Å². The normalized spacial score (nSPS) is 10.7. The molecular formula is C13H14BrFN2O. The molecule has 0 bridgehead atoms. The van der Waals surface area contributed by atoms with Crippen LogP contribution >= 0.6 is 15.9 Å². The standard InChI is InChI=1S/C13H14BrFN2O/c1-3-17-12(4-9(2)16-17)8-18-13-6-10(14)5-11(15)7-13/h4-7H,3,8H2,1-2H3. The Morgan fingerprint density at radius 1 is 1.33 bits per heavy atom. The average molecular weight is 313 g/mol. The van der Waals surface area contributed by atoms with E-state index >= 15 is 0 Å². The van der Waals surface area contributed by atoms with Crippen LogP contribution in [0.5, 0.6) is 5.75 Å². The molecule has 1 heterocycles. The summed E-state index contributed by atoms with van der Waals surface area (Å²) in [5.74, 6) is 0.183. The van der Waals surface area contributed by atoms with Crippen LogP contribution in [-0.4, -0.2) is 9.78 Å². The first-order valence-corrected chi connectivity index (χ1v) is 6.50. The average Bonchev–Trinajstić information content (AvgIpc) is 2.66. The monoisotopic (exact) mass is 312 g/mol. The van der Waals surface area contributed by atoms with Crippen LogP contribution in [0.3, 0.4) is 0 Å². The molecule has 3 nitrogen and oxygen atoms in total. The van der Waals surface area contributed by atoms with Gasteiger partial charge in [-0.1, -0.05) is 15.9 Å². The van der Waals surface area contributed by atoms with E-state index in [1.54, 1.807) is 6.07 Å². The van der Waals surface area contributed by atoms with Crippen molar-refractivity contribution in [3.63, 3.8) is 0 Å². The Bertz CT molecular complexity index is 534. The molecule has 1 aromatic carbocycles. The summed E-state index contributed by atoms with van der Waals surface area (Å²) in [5.41, 5.74) is 1.94. The third-order valence-electron chi connectivity index (χ3n) is 2.51. The topological polar surface area (TPSA) is 27.1 Å². The van der Waals surface area contributed by atoms with Crippen LogP contribution in [0.25, 0.3) is 0 Å². The zero-order chi connectivity index (χ0) is 13.1. The lowest BCUT2D eigenvalue weighted by atomic mass is 10.3. The summed E-state index contributed by atoms with van der Waals surface area (Å²) >= 11 is 3.23. The van der Waals surface area contributed by atoms with Crippen LogP contribution in [0, 0.1) is 12.7 Å². The van der Waals surface area contributed by atoms with Gasteiger partial charge >= 0.3 is 0 Å². The predicted molar refractivity (Wildman–Crippen MR) is 71.1 cm³/mol. The third-order valence-corrected chi connectivity index (χ3v) is 2.97. The van der Waals surface area contributed by atoms with Crippen molar-refractivity contribution in [1.29, 1.82) is 0 Å². The van der Waals surface area contributed by atoms with Crippen molar-refractivity contribution in [2.45, 2.75) is 27.0 Å². The van der Waals surface area contributed by atoms with E-state index < -0.39 is 0 Å². The summed E-state index contributed by atoms with van der Waals surface area (Å²) < 4.78 is 21.3. The second-order valence-corrected chi connectivity index (χ2v) is 4.90. The van der Waals surface area contributed by atoms with E-state index in [0.29, 0.717) is 16.8 Å². The molecule has 0 amide bonds. The summed E-state index contributed by atoms with van der Waals surface area (Å²) in [5, 5.41) is 4.33. The molecule has 5 heteroatoms. The summed E-state index contributed by atoms with van der Waals surface area (Å²) in [6.45, 7) is 5.13. The van der Waals surface area contributed by atoms with E-state index in [-0.39, 0.29) is 5.82 Å². The maximum Gasteiger partial charge on any atom is 0.130 e. The Labute approximate surface area is 114 Å². The molecule has 0 saturated heterocycles. The zero-order valence-electron chi connectivity index (χ0n) is 10.3. The molecule has 0 unspecified atom stereocenters. The minimum absolute atomic E-state index is 0.320. The first-order valence-electron chi connectivity index (χ1n) is 5.70. The highest BCUT2D eigenvalue weighted by molar-refractivity contribution is 9.10. The van der Waals surface area contributed by atoms with Gasteiger partial charge in [0.2, 0.25) is 0 Å². The van der Waals surface area contributed by atoms with Gasteiger partial charge in [-0.05, 0) is 32.0 Å². The van der Waals surface area contributed by atoms with Crippen LogP contribution in [0.1, 0.15) is 18.3 Å². The van der Waals surface area contributed by atoms with Crippen LogP contribution in [0.4, 0.5) is 4.39 Å². The molecular weight excluding hydrogens is 299 g/mol. The number of ether oxygens (including phenoxy) is 1. The van der Waals surface area contributed by atoms with Gasteiger partial charge in [0, 0.05) is 17.1 Å². The van der Waals surface area contributed by atoms with E-state index in [0.717, 1.165) is 17.9 Å². The number of hydrogen-bond acceptors (Lipinski definition) is 2. The maximum atomic E-state index is 13.2. The summed E-state index contributed by atoms with van der Waals surface area (Å²) in [6.07, 6.45) is 0. The Morgan fingerprint density at radius 2 is 2.11 bits per heavy atom. The lowest BCUT2D eigenvalue weighted by Gasteiger charge is -2.08. The Kier molecular flexibility index (Phi) is 4.01. The minimum atomic E-state index is -0.320. The Hall–Kier alpha value is -1.36. The molecule has 0 atom stereocenters. The fraction of sp³-hybridized carbons (Fsp3) is 0.308. The molecule has 0 aliphatic carbocycles. The number of halogens is 2. The van der Waals surface area contributed by atoms with Crippen LogP contribution < -0.4 is 4.74 Å². The highest BCUT2D eigenvalue weighted by atomic mass is 79.9. The van der Waals surface area contributed by atoms with Crippen LogP contribution in [0.15, 0.2) is 28.7 Å². The molecule has 0 saturated carbocycles. The van der Waals surface area contributed by atoms with Crippen molar-refractivity contribution in [3.05, 3.63) is 45.9 Å². The van der Waals surface area contributed by atoms with Crippen molar-refractivity contribution < 1.29 is 9.13 Å². The van der Waals surface area contributed by atoms with Crippen molar-refractivity contribution in [2.24, 2.45) is 0 Å². The largest absolute Gasteiger partial charge is 0.487 e. The zero-order valence-corrected chi connectivity index (χ0v) is 11.9. The second-order valence-electron chi connectivity index (χ2n) is 3.99. The molecule has 0 aliphatic rings. The number of hydrogen-bond donors (Lipinski definition) is 0. The fourth-order valence-electron chi connectivity index (χ4n) is 1.76. The van der Waals surface area contributed by atoms with Gasteiger partial charge in [-0.3, -0.25) is 4.68 Å². The fourth-order valence-corrected chi connectivity index (χ4v) is 2.20. The molecule has 0 fully saturated rings. The van der Waals surface area contributed by atoms with Crippen molar-refractivity contribution in [2.75, 3.05) is 0 Å². The van der Waals surface area contributed by atoms with Gasteiger partial charge in [0.25, 0.3) is 0 Å². The second kappa shape index (κ2) is 5.52. The molecule has 0 N–H and O–H groups in total. The van der Waals surface area contributed by atoms with Crippen LogP contribution in [0.2, 0.25) is 0 Å². The quantitative estimate of drug-likeness (QED) is 0.861. The lowest BCUT2D eigenvalue weighted by molar-refractivity contribution is 0.291. The van der Waals surface area contributed by atoms with Gasteiger partial charge in [-0.25, -0.2) is 4.39 Å². The lowest BCUT2D eigenvalue weighted by Crippen LogP contribution is -2.06. The molecule has 0 aliphatic heterocycles. The number of benzene rings is 1. The van der Waals surface area contributed by atoms with Crippen molar-refractivity contribution >= 4 is 15.9 Å². The highest BCUT2D eigenvalue weighted by Gasteiger charge is 2.06. The molecule has 2 rings (SSSR count).